The minimum Gasteiger partial charge on any atom is -0.337 e. The van der Waals surface area contributed by atoms with Crippen molar-refractivity contribution in [2.45, 2.75) is 34.6 Å². The average molecular weight is 331 g/mol. The molecule has 0 N–H and O–H groups in total. The normalized spacial score (nSPS) is 11.3. The highest BCUT2D eigenvalue weighted by atomic mass is 32.1. The van der Waals surface area contributed by atoms with Gasteiger partial charge in [-0.2, -0.15) is 0 Å². The molecule has 0 atom stereocenters. The molecule has 2 rings (SSSR count). The summed E-state index contributed by atoms with van der Waals surface area (Å²) < 4.78 is 0. The van der Waals surface area contributed by atoms with E-state index < -0.39 is 0 Å². The maximum atomic E-state index is 13.0. The van der Waals surface area contributed by atoms with Gasteiger partial charge in [0.2, 0.25) is 0 Å². The molecule has 0 bridgehead atoms. The van der Waals surface area contributed by atoms with E-state index in [2.05, 4.69) is 37.7 Å². The van der Waals surface area contributed by atoms with Crippen molar-refractivity contribution in [3.05, 3.63) is 35.1 Å². The van der Waals surface area contributed by atoms with E-state index in [0.29, 0.717) is 11.8 Å². The molecule has 0 unspecified atom stereocenters. The molecule has 1 amide bonds. The Bertz CT molecular complexity index is 640. The smallest absolute Gasteiger partial charge is 0.265 e. The molecule has 0 radical (unpaired) electrons. The standard InChI is InChI=1S/C18H25N3OS/c1-12(2)10-21(11-13(3)4)18(22)16-14(5)20-17(23-16)15-7-6-8-19-9-15/h6-9,12-13H,10-11H2,1-5H3. The number of carbonyl (C=O) groups excluding carboxylic acids is 1. The molecule has 0 aromatic carbocycles. The SMILES string of the molecule is Cc1nc(-c2cccnc2)sc1C(=O)N(CC(C)C)CC(C)C. The van der Waals surface area contributed by atoms with Crippen molar-refractivity contribution >= 4 is 17.2 Å². The minimum atomic E-state index is 0.0949. The van der Waals surface area contributed by atoms with Crippen LogP contribution in [0.5, 0.6) is 0 Å². The fraction of sp³-hybridized carbons (Fsp3) is 0.500. The molecule has 0 saturated heterocycles. The molecule has 0 fully saturated rings. The van der Waals surface area contributed by atoms with Gasteiger partial charge < -0.3 is 4.90 Å². The Labute approximate surface area is 142 Å². The van der Waals surface area contributed by atoms with Crippen molar-refractivity contribution in [1.29, 1.82) is 0 Å². The predicted octanol–water partition coefficient (Wildman–Crippen LogP) is 4.27. The summed E-state index contributed by atoms with van der Waals surface area (Å²) >= 11 is 1.46. The maximum Gasteiger partial charge on any atom is 0.265 e. The van der Waals surface area contributed by atoms with E-state index in [9.17, 15) is 4.79 Å². The minimum absolute atomic E-state index is 0.0949. The molecule has 4 nitrogen and oxygen atoms in total. The summed E-state index contributed by atoms with van der Waals surface area (Å²) in [6, 6.07) is 3.86. The second-order valence-electron chi connectivity index (χ2n) is 6.67. The first-order valence-corrected chi connectivity index (χ1v) is 8.87. The van der Waals surface area contributed by atoms with Crippen LogP contribution < -0.4 is 0 Å². The molecule has 2 aromatic rings. The fourth-order valence-electron chi connectivity index (χ4n) is 2.47. The first kappa shape index (κ1) is 17.6. The number of hydrogen-bond donors (Lipinski definition) is 0. The van der Waals surface area contributed by atoms with Gasteiger partial charge in [0, 0.05) is 31.0 Å². The van der Waals surface area contributed by atoms with Gasteiger partial charge in [-0.3, -0.25) is 9.78 Å². The van der Waals surface area contributed by atoms with Gasteiger partial charge in [-0.1, -0.05) is 27.7 Å². The van der Waals surface area contributed by atoms with Gasteiger partial charge in [0.1, 0.15) is 9.88 Å². The Morgan fingerprint density at radius 2 is 1.87 bits per heavy atom. The lowest BCUT2D eigenvalue weighted by atomic mass is 10.1. The van der Waals surface area contributed by atoms with Crippen LogP contribution >= 0.6 is 11.3 Å². The van der Waals surface area contributed by atoms with Crippen LogP contribution in [0.25, 0.3) is 10.6 Å². The number of hydrogen-bond acceptors (Lipinski definition) is 4. The van der Waals surface area contributed by atoms with Gasteiger partial charge in [-0.05, 0) is 30.9 Å². The van der Waals surface area contributed by atoms with Crippen molar-refractivity contribution in [2.24, 2.45) is 11.8 Å². The summed E-state index contributed by atoms with van der Waals surface area (Å²) in [7, 11) is 0. The van der Waals surface area contributed by atoms with Gasteiger partial charge in [-0.15, -0.1) is 11.3 Å². The monoisotopic (exact) mass is 331 g/mol. The predicted molar refractivity (Wildman–Crippen MR) is 95.7 cm³/mol. The Balaban J connectivity index is 2.28. The molecular formula is C18H25N3OS. The van der Waals surface area contributed by atoms with Crippen LogP contribution in [-0.2, 0) is 0 Å². The zero-order valence-electron chi connectivity index (χ0n) is 14.5. The number of nitrogens with zero attached hydrogens (tertiary/aromatic N) is 3. The van der Waals surface area contributed by atoms with Gasteiger partial charge in [0.05, 0.1) is 5.69 Å². The lowest BCUT2D eigenvalue weighted by Crippen LogP contribution is -2.36. The van der Waals surface area contributed by atoms with E-state index in [4.69, 9.17) is 0 Å². The highest BCUT2D eigenvalue weighted by molar-refractivity contribution is 7.17. The number of amides is 1. The summed E-state index contributed by atoms with van der Waals surface area (Å²) in [5.41, 5.74) is 1.76. The molecule has 2 aromatic heterocycles. The quantitative estimate of drug-likeness (QED) is 0.794. The molecule has 0 saturated carbocycles. The molecule has 0 spiro atoms. The summed E-state index contributed by atoms with van der Waals surface area (Å²) in [5.74, 6) is 0.991. The summed E-state index contributed by atoms with van der Waals surface area (Å²) in [6.45, 7) is 12.0. The summed E-state index contributed by atoms with van der Waals surface area (Å²) in [5, 5.41) is 0.855. The van der Waals surface area contributed by atoms with Crippen molar-refractivity contribution in [2.75, 3.05) is 13.1 Å². The third kappa shape index (κ3) is 4.61. The number of pyridine rings is 1. The van der Waals surface area contributed by atoms with E-state index in [0.717, 1.165) is 34.2 Å². The molecule has 0 aliphatic heterocycles. The number of aromatic nitrogens is 2. The second-order valence-corrected chi connectivity index (χ2v) is 7.67. The Morgan fingerprint density at radius 1 is 1.22 bits per heavy atom. The van der Waals surface area contributed by atoms with Crippen LogP contribution in [0.3, 0.4) is 0 Å². The van der Waals surface area contributed by atoms with E-state index in [-0.39, 0.29) is 5.91 Å². The van der Waals surface area contributed by atoms with Crippen LogP contribution in [0.2, 0.25) is 0 Å². The number of thiazole rings is 1. The number of aryl methyl sites for hydroxylation is 1. The van der Waals surface area contributed by atoms with Crippen LogP contribution in [0.1, 0.15) is 43.1 Å². The average Bonchev–Trinajstić information content (AvgIpc) is 2.88. The fourth-order valence-corrected chi connectivity index (χ4v) is 3.50. The Morgan fingerprint density at radius 3 is 2.39 bits per heavy atom. The lowest BCUT2D eigenvalue weighted by Gasteiger charge is -2.26. The van der Waals surface area contributed by atoms with Crippen LogP contribution in [0, 0.1) is 18.8 Å². The number of carbonyl (C=O) groups is 1. The van der Waals surface area contributed by atoms with Crippen molar-refractivity contribution in [1.82, 2.24) is 14.9 Å². The van der Waals surface area contributed by atoms with Gasteiger partial charge in [0.15, 0.2) is 0 Å². The van der Waals surface area contributed by atoms with Gasteiger partial charge >= 0.3 is 0 Å². The van der Waals surface area contributed by atoms with Crippen molar-refractivity contribution in [3.63, 3.8) is 0 Å². The van der Waals surface area contributed by atoms with E-state index in [1.807, 2.05) is 24.0 Å². The molecular weight excluding hydrogens is 306 g/mol. The van der Waals surface area contributed by atoms with Crippen molar-refractivity contribution < 1.29 is 4.79 Å². The lowest BCUT2D eigenvalue weighted by molar-refractivity contribution is 0.0719. The van der Waals surface area contributed by atoms with Gasteiger partial charge in [0.25, 0.3) is 5.91 Å². The largest absolute Gasteiger partial charge is 0.337 e. The summed E-state index contributed by atoms with van der Waals surface area (Å²) in [4.78, 5) is 24.4. The molecule has 2 heterocycles. The number of rotatable bonds is 6. The highest BCUT2D eigenvalue weighted by Crippen LogP contribution is 2.28. The van der Waals surface area contributed by atoms with E-state index in [1.54, 1.807) is 12.4 Å². The maximum absolute atomic E-state index is 13.0. The highest BCUT2D eigenvalue weighted by Gasteiger charge is 2.23. The first-order valence-electron chi connectivity index (χ1n) is 8.05. The first-order chi connectivity index (χ1) is 10.9. The zero-order valence-corrected chi connectivity index (χ0v) is 15.4. The van der Waals surface area contributed by atoms with E-state index >= 15 is 0 Å². The molecule has 5 heteroatoms. The Hall–Kier alpha value is -1.75. The summed E-state index contributed by atoms with van der Waals surface area (Å²) in [6.07, 6.45) is 3.52. The van der Waals surface area contributed by atoms with Gasteiger partial charge in [-0.25, -0.2) is 4.98 Å². The molecule has 124 valence electrons. The Kier molecular flexibility index (Phi) is 5.88. The third-order valence-corrected chi connectivity index (χ3v) is 4.55. The van der Waals surface area contributed by atoms with Crippen LogP contribution in [-0.4, -0.2) is 33.9 Å². The molecule has 23 heavy (non-hydrogen) atoms. The van der Waals surface area contributed by atoms with Crippen molar-refractivity contribution in [3.8, 4) is 10.6 Å². The van der Waals surface area contributed by atoms with Crippen LogP contribution in [0.4, 0.5) is 0 Å². The third-order valence-electron chi connectivity index (χ3n) is 3.36. The molecule has 0 aliphatic carbocycles. The topological polar surface area (TPSA) is 46.1 Å². The van der Waals surface area contributed by atoms with Crippen LogP contribution in [0.15, 0.2) is 24.5 Å². The van der Waals surface area contributed by atoms with E-state index in [1.165, 1.54) is 11.3 Å². The molecule has 0 aliphatic rings. The zero-order chi connectivity index (χ0) is 17.0. The second kappa shape index (κ2) is 7.68.